The van der Waals surface area contributed by atoms with Crippen molar-refractivity contribution < 1.29 is 0 Å². The molecule has 0 aromatic heterocycles. The van der Waals surface area contributed by atoms with Gasteiger partial charge in [0.1, 0.15) is 0 Å². The van der Waals surface area contributed by atoms with Gasteiger partial charge >= 0.3 is 0 Å². The first-order valence-corrected chi connectivity index (χ1v) is 8.81. The summed E-state index contributed by atoms with van der Waals surface area (Å²) in [6, 6.07) is 8.17. The second kappa shape index (κ2) is 7.17. The van der Waals surface area contributed by atoms with Gasteiger partial charge in [0.2, 0.25) is 0 Å². The van der Waals surface area contributed by atoms with Crippen LogP contribution in [0.5, 0.6) is 0 Å². The monoisotopic (exact) mass is 312 g/mol. The zero-order valence-electron chi connectivity index (χ0n) is 12.4. The number of hydrogen-bond donors (Lipinski definition) is 1. The van der Waals surface area contributed by atoms with Crippen LogP contribution in [-0.2, 0) is 6.42 Å². The summed E-state index contributed by atoms with van der Waals surface area (Å²) in [5.41, 5.74) is 7.49. The molecule has 20 heavy (non-hydrogen) atoms. The van der Waals surface area contributed by atoms with Gasteiger partial charge in [-0.1, -0.05) is 30.7 Å². The Bertz CT molecular complexity index is 423. The molecule has 0 amide bonds. The molecule has 4 heteroatoms. The Hall–Kier alpha value is -0.220. The van der Waals surface area contributed by atoms with E-state index in [-0.39, 0.29) is 5.54 Å². The van der Waals surface area contributed by atoms with E-state index in [1.165, 1.54) is 17.7 Å². The molecule has 1 heterocycles. The second-order valence-corrected chi connectivity index (χ2v) is 7.70. The molecule has 2 atom stereocenters. The van der Waals surface area contributed by atoms with E-state index in [1.807, 2.05) is 12.1 Å². The summed E-state index contributed by atoms with van der Waals surface area (Å²) in [5, 5.41) is 1.54. The van der Waals surface area contributed by atoms with Crippen molar-refractivity contribution in [2.24, 2.45) is 5.73 Å². The zero-order chi connectivity index (χ0) is 14.6. The Morgan fingerprint density at radius 1 is 1.40 bits per heavy atom. The van der Waals surface area contributed by atoms with Gasteiger partial charge in [-0.2, -0.15) is 11.8 Å². The molecule has 0 aliphatic carbocycles. The van der Waals surface area contributed by atoms with Crippen molar-refractivity contribution in [2.75, 3.05) is 25.4 Å². The molecular weight excluding hydrogens is 288 g/mol. The van der Waals surface area contributed by atoms with E-state index in [9.17, 15) is 0 Å². The number of nitrogens with two attached hydrogens (primary N) is 1. The minimum atomic E-state index is 0.0439. The van der Waals surface area contributed by atoms with Gasteiger partial charge in [0.15, 0.2) is 0 Å². The molecule has 2 rings (SSSR count). The predicted octanol–water partition coefficient (Wildman–Crippen LogP) is 3.43. The van der Waals surface area contributed by atoms with Crippen LogP contribution in [0.3, 0.4) is 0 Å². The summed E-state index contributed by atoms with van der Waals surface area (Å²) in [5.74, 6) is 1.22. The van der Waals surface area contributed by atoms with Crippen LogP contribution in [0.4, 0.5) is 0 Å². The highest BCUT2D eigenvalue weighted by molar-refractivity contribution is 8.00. The first-order valence-electron chi connectivity index (χ1n) is 7.38. The Morgan fingerprint density at radius 3 is 2.70 bits per heavy atom. The largest absolute Gasteiger partial charge is 0.329 e. The van der Waals surface area contributed by atoms with E-state index in [0.29, 0.717) is 6.54 Å². The maximum Gasteiger partial charge on any atom is 0.0406 e. The highest BCUT2D eigenvalue weighted by atomic mass is 35.5. The van der Waals surface area contributed by atoms with Crippen molar-refractivity contribution in [1.82, 2.24) is 4.90 Å². The first kappa shape index (κ1) is 16.2. The summed E-state index contributed by atoms with van der Waals surface area (Å²) in [7, 11) is 0. The molecule has 0 spiro atoms. The minimum absolute atomic E-state index is 0.0439. The normalized spacial score (nSPS) is 23.5. The van der Waals surface area contributed by atoms with E-state index in [4.69, 9.17) is 17.3 Å². The van der Waals surface area contributed by atoms with Crippen LogP contribution < -0.4 is 5.73 Å². The minimum Gasteiger partial charge on any atom is -0.329 e. The summed E-state index contributed by atoms with van der Waals surface area (Å²) < 4.78 is 0. The molecule has 1 aliphatic rings. The van der Waals surface area contributed by atoms with Gasteiger partial charge in [0.25, 0.3) is 0 Å². The third-order valence-corrected chi connectivity index (χ3v) is 5.92. The molecule has 1 aromatic carbocycles. The van der Waals surface area contributed by atoms with Crippen molar-refractivity contribution in [3.63, 3.8) is 0 Å². The Balaban J connectivity index is 2.09. The second-order valence-electron chi connectivity index (χ2n) is 5.85. The Labute approximate surface area is 132 Å². The zero-order valence-corrected chi connectivity index (χ0v) is 14.0. The highest BCUT2D eigenvalue weighted by Gasteiger charge is 2.34. The Morgan fingerprint density at radius 2 is 2.10 bits per heavy atom. The lowest BCUT2D eigenvalue weighted by Crippen LogP contribution is -2.57. The number of benzene rings is 1. The van der Waals surface area contributed by atoms with Crippen LogP contribution in [0, 0.1) is 0 Å². The van der Waals surface area contributed by atoms with Gasteiger partial charge in [0.05, 0.1) is 0 Å². The number of nitrogens with zero attached hydrogens (tertiary/aromatic N) is 1. The fourth-order valence-electron chi connectivity index (χ4n) is 2.81. The van der Waals surface area contributed by atoms with Crippen molar-refractivity contribution in [3.8, 4) is 0 Å². The van der Waals surface area contributed by atoms with Gasteiger partial charge in [-0.05, 0) is 37.5 Å². The van der Waals surface area contributed by atoms with Gasteiger partial charge in [0, 0.05) is 41.2 Å². The fourth-order valence-corrected chi connectivity index (χ4v) is 4.12. The van der Waals surface area contributed by atoms with E-state index >= 15 is 0 Å². The van der Waals surface area contributed by atoms with Crippen molar-refractivity contribution in [3.05, 3.63) is 34.9 Å². The summed E-state index contributed by atoms with van der Waals surface area (Å²) in [6.45, 7) is 7.56. The van der Waals surface area contributed by atoms with Gasteiger partial charge in [-0.15, -0.1) is 0 Å². The van der Waals surface area contributed by atoms with Gasteiger partial charge < -0.3 is 5.73 Å². The van der Waals surface area contributed by atoms with Gasteiger partial charge in [-0.25, -0.2) is 0 Å². The molecule has 1 aromatic rings. The number of rotatable bonds is 5. The SMILES string of the molecule is CCC1CN(C(C)(CN)Cc2ccc(Cl)cc2)CCS1. The molecule has 2 N–H and O–H groups in total. The third kappa shape index (κ3) is 3.91. The van der Waals surface area contributed by atoms with Crippen LogP contribution in [0.15, 0.2) is 24.3 Å². The topological polar surface area (TPSA) is 29.3 Å². The standard InChI is InChI=1S/C16H25ClN2S/c1-3-15-11-19(8-9-20-15)16(2,12-18)10-13-4-6-14(17)7-5-13/h4-7,15H,3,8-12,18H2,1-2H3. The van der Waals surface area contributed by atoms with E-state index < -0.39 is 0 Å². The molecule has 2 nitrogen and oxygen atoms in total. The summed E-state index contributed by atoms with van der Waals surface area (Å²) in [6.07, 6.45) is 2.23. The van der Waals surface area contributed by atoms with Crippen molar-refractivity contribution in [1.29, 1.82) is 0 Å². The first-order chi connectivity index (χ1) is 9.57. The molecule has 112 valence electrons. The average Bonchev–Trinajstić information content (AvgIpc) is 2.49. The molecule has 2 unspecified atom stereocenters. The van der Waals surface area contributed by atoms with Crippen LogP contribution in [0.25, 0.3) is 0 Å². The van der Waals surface area contributed by atoms with Crippen molar-refractivity contribution >= 4 is 23.4 Å². The molecule has 0 radical (unpaired) electrons. The molecular formula is C16H25ClN2S. The summed E-state index contributed by atoms with van der Waals surface area (Å²) >= 11 is 8.07. The van der Waals surface area contributed by atoms with Crippen LogP contribution in [0.2, 0.25) is 5.02 Å². The third-order valence-electron chi connectivity index (χ3n) is 4.30. The van der Waals surface area contributed by atoms with Crippen LogP contribution in [0.1, 0.15) is 25.8 Å². The molecule has 0 bridgehead atoms. The fraction of sp³-hybridized carbons (Fsp3) is 0.625. The lowest BCUT2D eigenvalue weighted by Gasteiger charge is -2.45. The van der Waals surface area contributed by atoms with E-state index in [1.54, 1.807) is 0 Å². The predicted molar refractivity (Wildman–Crippen MR) is 90.7 cm³/mol. The van der Waals surface area contributed by atoms with Crippen LogP contribution >= 0.6 is 23.4 Å². The number of halogens is 1. The van der Waals surface area contributed by atoms with E-state index in [0.717, 1.165) is 29.8 Å². The lowest BCUT2D eigenvalue weighted by atomic mass is 9.90. The summed E-state index contributed by atoms with van der Waals surface area (Å²) in [4.78, 5) is 2.59. The van der Waals surface area contributed by atoms with Gasteiger partial charge in [-0.3, -0.25) is 4.90 Å². The smallest absolute Gasteiger partial charge is 0.0406 e. The lowest BCUT2D eigenvalue weighted by molar-refractivity contribution is 0.114. The maximum absolute atomic E-state index is 6.13. The Kier molecular flexibility index (Phi) is 5.79. The molecule has 0 saturated carbocycles. The van der Waals surface area contributed by atoms with Crippen molar-refractivity contribution in [2.45, 2.75) is 37.5 Å². The highest BCUT2D eigenvalue weighted by Crippen LogP contribution is 2.28. The molecule has 1 fully saturated rings. The number of hydrogen-bond acceptors (Lipinski definition) is 3. The quantitative estimate of drug-likeness (QED) is 0.903. The number of thioether (sulfide) groups is 1. The maximum atomic E-state index is 6.13. The average molecular weight is 313 g/mol. The molecule has 1 aliphatic heterocycles. The van der Waals surface area contributed by atoms with E-state index in [2.05, 4.69) is 42.6 Å². The van der Waals surface area contributed by atoms with Crippen LogP contribution in [-0.4, -0.2) is 41.1 Å². The molecule has 1 saturated heterocycles.